The quantitative estimate of drug-likeness (QED) is 0.652. The second-order valence-corrected chi connectivity index (χ2v) is 4.76. The van der Waals surface area contributed by atoms with Crippen molar-refractivity contribution < 1.29 is 19.4 Å². The van der Waals surface area contributed by atoms with Gasteiger partial charge in [0, 0.05) is 0 Å². The molecule has 1 saturated heterocycles. The average molecular weight is 215 g/mol. The summed E-state index contributed by atoms with van der Waals surface area (Å²) in [6.45, 7) is 6.81. The summed E-state index contributed by atoms with van der Waals surface area (Å²) in [5.41, 5.74) is -0.634. The minimum absolute atomic E-state index is 0.0135. The van der Waals surface area contributed by atoms with Crippen molar-refractivity contribution in [1.29, 1.82) is 0 Å². The predicted molar refractivity (Wildman–Crippen MR) is 53.2 cm³/mol. The fraction of sp³-hybridized carbons (Fsp3) is 0.800. The lowest BCUT2D eigenvalue weighted by Gasteiger charge is -2.26. The first kappa shape index (κ1) is 12.0. The Morgan fingerprint density at radius 1 is 1.53 bits per heavy atom. The van der Waals surface area contributed by atoms with Gasteiger partial charge in [-0.25, -0.2) is 9.69 Å². The van der Waals surface area contributed by atoms with Crippen molar-refractivity contribution in [2.24, 2.45) is 0 Å². The molecule has 0 bridgehead atoms. The number of rotatable bonds is 0. The summed E-state index contributed by atoms with van der Waals surface area (Å²) in [5, 5.41) is 9.42. The first-order valence-electron chi connectivity index (χ1n) is 4.95. The van der Waals surface area contributed by atoms with Crippen molar-refractivity contribution in [3.05, 3.63) is 0 Å². The Kier molecular flexibility index (Phi) is 3.04. The molecule has 0 aliphatic carbocycles. The molecule has 0 saturated carbocycles. The highest BCUT2D eigenvalue weighted by Crippen LogP contribution is 2.21. The van der Waals surface area contributed by atoms with Gasteiger partial charge in [-0.3, -0.25) is 4.79 Å². The predicted octanol–water partition coefficient (Wildman–Crippen LogP) is 0.903. The summed E-state index contributed by atoms with van der Waals surface area (Å²) < 4.78 is 5.07. The molecular formula is C10H17NO4. The van der Waals surface area contributed by atoms with Gasteiger partial charge in [0.25, 0.3) is 0 Å². The van der Waals surface area contributed by atoms with Gasteiger partial charge in [-0.1, -0.05) is 0 Å². The van der Waals surface area contributed by atoms with Gasteiger partial charge in [-0.15, -0.1) is 0 Å². The fourth-order valence-corrected chi connectivity index (χ4v) is 1.43. The van der Waals surface area contributed by atoms with E-state index in [0.717, 1.165) is 4.90 Å². The van der Waals surface area contributed by atoms with Crippen LogP contribution < -0.4 is 0 Å². The highest BCUT2D eigenvalue weighted by molar-refractivity contribution is 5.94. The molecule has 0 aromatic carbocycles. The lowest BCUT2D eigenvalue weighted by Crippen LogP contribution is -2.42. The number of hydrogen-bond acceptors (Lipinski definition) is 4. The molecule has 1 N–H and O–H groups in total. The Morgan fingerprint density at radius 3 is 2.40 bits per heavy atom. The van der Waals surface area contributed by atoms with Gasteiger partial charge in [0.2, 0.25) is 5.91 Å². The smallest absolute Gasteiger partial charge is 0.417 e. The molecule has 0 spiro atoms. The topological polar surface area (TPSA) is 66.8 Å². The van der Waals surface area contributed by atoms with E-state index in [1.54, 1.807) is 27.7 Å². The molecule has 5 heteroatoms. The van der Waals surface area contributed by atoms with Crippen LogP contribution in [0.25, 0.3) is 0 Å². The summed E-state index contributed by atoms with van der Waals surface area (Å²) in [7, 11) is 0. The van der Waals surface area contributed by atoms with Crippen LogP contribution in [0, 0.1) is 0 Å². The highest BCUT2D eigenvalue weighted by Gasteiger charge is 2.41. The summed E-state index contributed by atoms with van der Waals surface area (Å²) >= 11 is 0. The molecule has 0 aromatic heterocycles. The Labute approximate surface area is 89.0 Å². The number of carbonyl (C=O) groups is 2. The van der Waals surface area contributed by atoms with E-state index in [1.807, 2.05) is 0 Å². The molecule has 1 heterocycles. The maximum absolute atomic E-state index is 11.6. The third-order valence-corrected chi connectivity index (χ3v) is 2.21. The summed E-state index contributed by atoms with van der Waals surface area (Å²) in [6.07, 6.45) is -1.48. The number of imide groups is 1. The molecule has 2 amide bonds. The maximum Gasteiger partial charge on any atom is 0.417 e. The van der Waals surface area contributed by atoms with E-state index in [9.17, 15) is 14.7 Å². The molecule has 0 unspecified atom stereocenters. The van der Waals surface area contributed by atoms with Crippen molar-refractivity contribution in [2.75, 3.05) is 0 Å². The van der Waals surface area contributed by atoms with Crippen LogP contribution in [0.3, 0.4) is 0 Å². The molecule has 1 fully saturated rings. The molecule has 1 aliphatic heterocycles. The zero-order valence-corrected chi connectivity index (χ0v) is 9.48. The van der Waals surface area contributed by atoms with E-state index >= 15 is 0 Å². The van der Waals surface area contributed by atoms with Gasteiger partial charge >= 0.3 is 6.09 Å². The van der Waals surface area contributed by atoms with Crippen molar-refractivity contribution in [2.45, 2.75) is 51.9 Å². The molecule has 2 atom stereocenters. The Morgan fingerprint density at radius 2 is 2.07 bits per heavy atom. The van der Waals surface area contributed by atoms with Crippen molar-refractivity contribution in [3.8, 4) is 0 Å². The number of aliphatic hydroxyl groups is 1. The number of likely N-dealkylation sites (tertiary alicyclic amines) is 1. The van der Waals surface area contributed by atoms with E-state index < -0.39 is 23.8 Å². The van der Waals surface area contributed by atoms with Crippen LogP contribution in [0.5, 0.6) is 0 Å². The molecule has 86 valence electrons. The van der Waals surface area contributed by atoms with Crippen LogP contribution in [-0.2, 0) is 9.53 Å². The number of aliphatic hydroxyl groups excluding tert-OH is 1. The third-order valence-electron chi connectivity index (χ3n) is 2.21. The Hall–Kier alpha value is -1.10. The van der Waals surface area contributed by atoms with Gasteiger partial charge in [0.1, 0.15) is 5.60 Å². The summed E-state index contributed by atoms with van der Waals surface area (Å²) in [4.78, 5) is 24.0. The third kappa shape index (κ3) is 2.68. The molecule has 0 radical (unpaired) electrons. The van der Waals surface area contributed by atoms with Gasteiger partial charge in [-0.2, -0.15) is 0 Å². The highest BCUT2D eigenvalue weighted by atomic mass is 16.6. The van der Waals surface area contributed by atoms with Crippen LogP contribution in [0.15, 0.2) is 0 Å². The molecule has 5 nitrogen and oxygen atoms in total. The maximum atomic E-state index is 11.6. The van der Waals surface area contributed by atoms with Crippen LogP contribution in [-0.4, -0.2) is 39.8 Å². The van der Waals surface area contributed by atoms with Gasteiger partial charge in [0.05, 0.1) is 18.6 Å². The first-order valence-corrected chi connectivity index (χ1v) is 4.95. The number of carbonyl (C=O) groups excluding carboxylic acids is 2. The van der Waals surface area contributed by atoms with Crippen molar-refractivity contribution >= 4 is 12.0 Å². The second kappa shape index (κ2) is 3.81. The van der Waals surface area contributed by atoms with E-state index in [4.69, 9.17) is 4.74 Å². The normalized spacial score (nSPS) is 27.0. The molecule has 0 aromatic rings. The fourth-order valence-electron chi connectivity index (χ4n) is 1.43. The van der Waals surface area contributed by atoms with E-state index in [1.165, 1.54) is 0 Å². The van der Waals surface area contributed by atoms with E-state index in [-0.39, 0.29) is 12.3 Å². The van der Waals surface area contributed by atoms with Crippen LogP contribution in [0.1, 0.15) is 34.1 Å². The van der Waals surface area contributed by atoms with Crippen LogP contribution in [0.4, 0.5) is 4.79 Å². The van der Waals surface area contributed by atoms with E-state index in [0.29, 0.717) is 0 Å². The minimum atomic E-state index is -0.787. The lowest BCUT2D eigenvalue weighted by molar-refractivity contribution is -0.127. The van der Waals surface area contributed by atoms with E-state index in [2.05, 4.69) is 0 Å². The van der Waals surface area contributed by atoms with Gasteiger partial charge < -0.3 is 9.84 Å². The zero-order chi connectivity index (χ0) is 11.8. The largest absolute Gasteiger partial charge is 0.443 e. The number of hydrogen-bond donors (Lipinski definition) is 1. The molecule has 1 rings (SSSR count). The number of amides is 2. The monoisotopic (exact) mass is 215 g/mol. The number of nitrogens with zero attached hydrogens (tertiary/aromatic N) is 1. The lowest BCUT2D eigenvalue weighted by atomic mass is 10.2. The Bertz CT molecular complexity index is 282. The molecular weight excluding hydrogens is 198 g/mol. The van der Waals surface area contributed by atoms with Crippen LogP contribution in [0.2, 0.25) is 0 Å². The Balaban J connectivity index is 2.72. The van der Waals surface area contributed by atoms with Crippen molar-refractivity contribution in [3.63, 3.8) is 0 Å². The zero-order valence-electron chi connectivity index (χ0n) is 9.48. The standard InChI is InChI=1S/C10H17NO4/c1-6-7(12)5-8(13)11(6)9(14)15-10(2,3)4/h6-7,12H,5H2,1-4H3/t6-,7-/m0/s1. The van der Waals surface area contributed by atoms with Crippen LogP contribution >= 0.6 is 0 Å². The SMILES string of the molecule is C[C@H]1[C@@H](O)CC(=O)N1C(=O)OC(C)(C)C. The first-order chi connectivity index (χ1) is 6.72. The van der Waals surface area contributed by atoms with Crippen molar-refractivity contribution in [1.82, 2.24) is 4.90 Å². The average Bonchev–Trinajstić information content (AvgIpc) is 2.22. The minimum Gasteiger partial charge on any atom is -0.443 e. The van der Waals surface area contributed by atoms with Gasteiger partial charge in [0.15, 0.2) is 0 Å². The molecule has 15 heavy (non-hydrogen) atoms. The summed E-state index contributed by atoms with van der Waals surface area (Å²) in [5.74, 6) is -0.385. The summed E-state index contributed by atoms with van der Waals surface area (Å²) in [6, 6.07) is -0.507. The molecule has 1 aliphatic rings. The number of ether oxygens (including phenoxy) is 1. The van der Waals surface area contributed by atoms with Gasteiger partial charge in [-0.05, 0) is 27.7 Å². The second-order valence-electron chi connectivity index (χ2n) is 4.76.